The van der Waals surface area contributed by atoms with E-state index in [1.807, 2.05) is 36.0 Å². The van der Waals surface area contributed by atoms with Gasteiger partial charge in [0.1, 0.15) is 11.5 Å². The molecule has 0 unspecified atom stereocenters. The van der Waals surface area contributed by atoms with Crippen LogP contribution in [0.3, 0.4) is 0 Å². The summed E-state index contributed by atoms with van der Waals surface area (Å²) in [6, 6.07) is 7.79. The number of ketones is 1. The summed E-state index contributed by atoms with van der Waals surface area (Å²) in [5, 5.41) is 0.711. The molecule has 0 N–H and O–H groups in total. The molecule has 0 saturated heterocycles. The van der Waals surface area contributed by atoms with Crippen LogP contribution in [0.5, 0.6) is 5.75 Å². The van der Waals surface area contributed by atoms with Gasteiger partial charge in [-0.25, -0.2) is 0 Å². The maximum Gasteiger partial charge on any atom is 0.147 e. The SMILES string of the molecule is COc1cccc(CC(=O)CSC2CCCCC2)c1. The van der Waals surface area contributed by atoms with E-state index in [0.29, 0.717) is 23.2 Å². The molecule has 1 saturated carbocycles. The zero-order valence-corrected chi connectivity index (χ0v) is 12.4. The highest BCUT2D eigenvalue weighted by molar-refractivity contribution is 8.00. The first-order valence-corrected chi connectivity index (χ1v) is 8.09. The van der Waals surface area contributed by atoms with Gasteiger partial charge < -0.3 is 4.74 Å². The third kappa shape index (κ3) is 4.90. The lowest BCUT2D eigenvalue weighted by atomic mass is 10.0. The Kier molecular flexibility index (Phi) is 5.77. The minimum absolute atomic E-state index is 0.323. The van der Waals surface area contributed by atoms with Gasteiger partial charge in [0.15, 0.2) is 0 Å². The van der Waals surface area contributed by atoms with Gasteiger partial charge in [-0.15, -0.1) is 0 Å². The Hall–Kier alpha value is -0.960. The predicted octanol–water partition coefficient (Wildman–Crippen LogP) is 3.87. The lowest BCUT2D eigenvalue weighted by Gasteiger charge is -2.20. The van der Waals surface area contributed by atoms with Gasteiger partial charge in [0.05, 0.1) is 12.9 Å². The van der Waals surface area contributed by atoms with E-state index in [2.05, 4.69) is 0 Å². The quantitative estimate of drug-likeness (QED) is 0.790. The number of thioether (sulfide) groups is 1. The van der Waals surface area contributed by atoms with Crippen LogP contribution in [0.2, 0.25) is 0 Å². The monoisotopic (exact) mass is 278 g/mol. The van der Waals surface area contributed by atoms with Crippen molar-refractivity contribution in [3.05, 3.63) is 29.8 Å². The van der Waals surface area contributed by atoms with Crippen LogP contribution in [0.15, 0.2) is 24.3 Å². The van der Waals surface area contributed by atoms with Crippen LogP contribution in [0, 0.1) is 0 Å². The highest BCUT2D eigenvalue weighted by Gasteiger charge is 2.15. The van der Waals surface area contributed by atoms with Crippen molar-refractivity contribution in [1.29, 1.82) is 0 Å². The Balaban J connectivity index is 1.76. The second-order valence-corrected chi connectivity index (χ2v) is 6.43. The van der Waals surface area contributed by atoms with E-state index in [9.17, 15) is 4.79 Å². The number of hydrogen-bond acceptors (Lipinski definition) is 3. The van der Waals surface area contributed by atoms with Crippen molar-refractivity contribution in [1.82, 2.24) is 0 Å². The molecule has 0 bridgehead atoms. The first-order chi connectivity index (χ1) is 9.28. The number of carbonyl (C=O) groups excluding carboxylic acids is 1. The molecule has 0 spiro atoms. The summed E-state index contributed by atoms with van der Waals surface area (Å²) in [6.07, 6.45) is 7.14. The van der Waals surface area contributed by atoms with Gasteiger partial charge in [-0.3, -0.25) is 4.79 Å². The molecule has 0 atom stereocenters. The number of ether oxygens (including phenoxy) is 1. The second kappa shape index (κ2) is 7.59. The fraction of sp³-hybridized carbons (Fsp3) is 0.562. The van der Waals surface area contributed by atoms with Crippen molar-refractivity contribution in [2.24, 2.45) is 0 Å². The zero-order chi connectivity index (χ0) is 13.5. The average Bonchev–Trinajstić information content (AvgIpc) is 2.46. The van der Waals surface area contributed by atoms with E-state index in [1.165, 1.54) is 32.1 Å². The van der Waals surface area contributed by atoms with Crippen LogP contribution in [-0.4, -0.2) is 23.9 Å². The highest BCUT2D eigenvalue weighted by Crippen LogP contribution is 2.28. The van der Waals surface area contributed by atoms with E-state index >= 15 is 0 Å². The van der Waals surface area contributed by atoms with Gasteiger partial charge in [-0.05, 0) is 30.5 Å². The van der Waals surface area contributed by atoms with Crippen molar-refractivity contribution in [2.45, 2.75) is 43.8 Å². The Labute approximate surface area is 119 Å². The predicted molar refractivity (Wildman–Crippen MR) is 81.0 cm³/mol. The van der Waals surface area contributed by atoms with Crippen LogP contribution >= 0.6 is 11.8 Å². The molecule has 0 heterocycles. The molecule has 104 valence electrons. The Morgan fingerprint density at radius 3 is 2.84 bits per heavy atom. The molecule has 19 heavy (non-hydrogen) atoms. The molecule has 0 radical (unpaired) electrons. The zero-order valence-electron chi connectivity index (χ0n) is 11.6. The van der Waals surface area contributed by atoms with Gasteiger partial charge in [0, 0.05) is 11.7 Å². The van der Waals surface area contributed by atoms with Crippen molar-refractivity contribution < 1.29 is 9.53 Å². The first-order valence-electron chi connectivity index (χ1n) is 7.04. The van der Waals surface area contributed by atoms with E-state index in [4.69, 9.17) is 4.74 Å². The molecule has 1 aliphatic carbocycles. The topological polar surface area (TPSA) is 26.3 Å². The normalized spacial score (nSPS) is 16.3. The van der Waals surface area contributed by atoms with E-state index in [1.54, 1.807) is 7.11 Å². The number of methoxy groups -OCH3 is 1. The average molecular weight is 278 g/mol. The number of carbonyl (C=O) groups is 1. The minimum atomic E-state index is 0.323. The molecule has 0 aliphatic heterocycles. The smallest absolute Gasteiger partial charge is 0.147 e. The fourth-order valence-electron chi connectivity index (χ4n) is 2.50. The van der Waals surface area contributed by atoms with E-state index < -0.39 is 0 Å². The van der Waals surface area contributed by atoms with Crippen LogP contribution in [0.1, 0.15) is 37.7 Å². The summed E-state index contributed by atoms with van der Waals surface area (Å²) >= 11 is 1.85. The van der Waals surface area contributed by atoms with Gasteiger partial charge in [-0.2, -0.15) is 11.8 Å². The molecule has 1 aromatic carbocycles. The van der Waals surface area contributed by atoms with Crippen molar-refractivity contribution in [2.75, 3.05) is 12.9 Å². The maximum absolute atomic E-state index is 12.0. The van der Waals surface area contributed by atoms with Crippen LogP contribution in [0.4, 0.5) is 0 Å². The Bertz CT molecular complexity index is 411. The number of benzene rings is 1. The van der Waals surface area contributed by atoms with E-state index in [0.717, 1.165) is 11.3 Å². The third-order valence-corrected chi connectivity index (χ3v) is 5.00. The molecule has 0 amide bonds. The summed E-state index contributed by atoms with van der Waals surface area (Å²) in [5.41, 5.74) is 1.05. The minimum Gasteiger partial charge on any atom is -0.497 e. The summed E-state index contributed by atoms with van der Waals surface area (Å²) in [7, 11) is 1.65. The summed E-state index contributed by atoms with van der Waals surface area (Å²) in [4.78, 5) is 12.0. The highest BCUT2D eigenvalue weighted by atomic mass is 32.2. The van der Waals surface area contributed by atoms with Gasteiger partial charge >= 0.3 is 0 Å². The molecule has 3 heteroatoms. The van der Waals surface area contributed by atoms with E-state index in [-0.39, 0.29) is 0 Å². The van der Waals surface area contributed by atoms with Gasteiger partial charge in [-0.1, -0.05) is 31.4 Å². The standard InChI is InChI=1S/C16H22O2S/c1-18-15-7-5-6-13(11-15)10-14(17)12-19-16-8-3-2-4-9-16/h5-7,11,16H,2-4,8-10,12H2,1H3. The molecule has 0 aromatic heterocycles. The van der Waals surface area contributed by atoms with Gasteiger partial charge in [0.25, 0.3) is 0 Å². The third-order valence-electron chi connectivity index (χ3n) is 3.57. The fourth-order valence-corrected chi connectivity index (χ4v) is 3.69. The van der Waals surface area contributed by atoms with Gasteiger partial charge in [0.2, 0.25) is 0 Å². The molecule has 1 fully saturated rings. The Morgan fingerprint density at radius 2 is 2.11 bits per heavy atom. The number of rotatable bonds is 6. The molecular weight excluding hydrogens is 256 g/mol. The summed E-state index contributed by atoms with van der Waals surface area (Å²) < 4.78 is 5.18. The van der Waals surface area contributed by atoms with Crippen LogP contribution in [-0.2, 0) is 11.2 Å². The van der Waals surface area contributed by atoms with Crippen LogP contribution < -0.4 is 4.74 Å². The number of hydrogen-bond donors (Lipinski definition) is 0. The summed E-state index contributed by atoms with van der Waals surface area (Å²) in [6.45, 7) is 0. The second-order valence-electron chi connectivity index (χ2n) is 5.14. The van der Waals surface area contributed by atoms with Crippen molar-refractivity contribution in [3.63, 3.8) is 0 Å². The van der Waals surface area contributed by atoms with Crippen LogP contribution in [0.25, 0.3) is 0 Å². The van der Waals surface area contributed by atoms with Crippen molar-refractivity contribution in [3.8, 4) is 5.75 Å². The molecule has 1 aromatic rings. The number of Topliss-reactive ketones (excluding diaryl/α,β-unsaturated/α-hetero) is 1. The maximum atomic E-state index is 12.0. The lowest BCUT2D eigenvalue weighted by Crippen LogP contribution is -2.13. The molecular formula is C16H22O2S. The summed E-state index contributed by atoms with van der Waals surface area (Å²) in [5.74, 6) is 1.80. The lowest BCUT2D eigenvalue weighted by molar-refractivity contribution is -0.116. The Morgan fingerprint density at radius 1 is 1.32 bits per heavy atom. The molecule has 2 rings (SSSR count). The van der Waals surface area contributed by atoms with Crippen molar-refractivity contribution >= 4 is 17.5 Å². The molecule has 1 aliphatic rings. The largest absolute Gasteiger partial charge is 0.497 e. The first kappa shape index (κ1) is 14.4. The molecule has 2 nitrogen and oxygen atoms in total.